The van der Waals surface area contributed by atoms with Crippen molar-refractivity contribution >= 4 is 23.1 Å². The molecule has 2 aromatic rings. The van der Waals surface area contributed by atoms with E-state index in [1.54, 1.807) is 6.20 Å². The van der Waals surface area contributed by atoms with Gasteiger partial charge in [-0.3, -0.25) is 4.79 Å². The summed E-state index contributed by atoms with van der Waals surface area (Å²) in [5.41, 5.74) is 4.30. The van der Waals surface area contributed by atoms with Crippen LogP contribution in [0, 0.1) is 6.92 Å². The third kappa shape index (κ3) is 4.55. The Labute approximate surface area is 138 Å². The van der Waals surface area contributed by atoms with E-state index in [0.717, 1.165) is 23.6 Å². The molecule has 0 fully saturated rings. The third-order valence-electron chi connectivity index (χ3n) is 3.70. The Balaban J connectivity index is 2.14. The summed E-state index contributed by atoms with van der Waals surface area (Å²) in [6.45, 7) is 8.44. The van der Waals surface area contributed by atoms with E-state index in [-0.39, 0.29) is 5.91 Å². The lowest BCUT2D eigenvalue weighted by molar-refractivity contribution is -0.116. The van der Waals surface area contributed by atoms with Crippen LogP contribution in [0.3, 0.4) is 0 Å². The van der Waals surface area contributed by atoms with Gasteiger partial charge >= 0.3 is 0 Å². The number of rotatable bonds is 6. The van der Waals surface area contributed by atoms with Crippen molar-refractivity contribution in [1.29, 1.82) is 0 Å². The molecule has 2 rings (SSSR count). The van der Waals surface area contributed by atoms with Crippen LogP contribution in [0.5, 0.6) is 0 Å². The molecule has 0 saturated carbocycles. The van der Waals surface area contributed by atoms with Crippen LogP contribution in [0.4, 0.5) is 17.2 Å². The number of nitrogens with zero attached hydrogens (tertiary/aromatic N) is 1. The molecule has 1 aromatic heterocycles. The summed E-state index contributed by atoms with van der Waals surface area (Å²) >= 11 is 0. The van der Waals surface area contributed by atoms with Gasteiger partial charge in [-0.05, 0) is 42.5 Å². The molecular weight excluding hydrogens is 286 g/mol. The number of hydrogen-bond donors (Lipinski definition) is 2. The van der Waals surface area contributed by atoms with Gasteiger partial charge in [-0.25, -0.2) is 4.98 Å². The molecule has 0 aliphatic carbocycles. The van der Waals surface area contributed by atoms with Crippen molar-refractivity contribution in [3.8, 4) is 0 Å². The number of amides is 1. The Morgan fingerprint density at radius 1 is 1.22 bits per heavy atom. The Morgan fingerprint density at radius 2 is 2.00 bits per heavy atom. The Hall–Kier alpha value is -2.36. The average molecular weight is 311 g/mol. The number of hydrogen-bond acceptors (Lipinski definition) is 3. The molecule has 0 atom stereocenters. The van der Waals surface area contributed by atoms with Crippen LogP contribution in [0.25, 0.3) is 0 Å². The molecule has 1 aromatic carbocycles. The van der Waals surface area contributed by atoms with Gasteiger partial charge in [0.2, 0.25) is 5.91 Å². The summed E-state index contributed by atoms with van der Waals surface area (Å²) in [5.74, 6) is 1.23. The number of anilines is 3. The fourth-order valence-electron chi connectivity index (χ4n) is 2.46. The van der Waals surface area contributed by atoms with Crippen molar-refractivity contribution in [3.63, 3.8) is 0 Å². The van der Waals surface area contributed by atoms with E-state index in [2.05, 4.69) is 54.6 Å². The van der Waals surface area contributed by atoms with Crippen molar-refractivity contribution in [1.82, 2.24) is 4.98 Å². The van der Waals surface area contributed by atoms with Gasteiger partial charge in [0.05, 0.1) is 11.9 Å². The quantitative estimate of drug-likeness (QED) is 0.789. The molecule has 23 heavy (non-hydrogen) atoms. The van der Waals surface area contributed by atoms with E-state index in [0.29, 0.717) is 12.3 Å². The maximum atomic E-state index is 11.6. The minimum Gasteiger partial charge on any atom is -0.340 e. The van der Waals surface area contributed by atoms with Crippen LogP contribution in [0.1, 0.15) is 50.7 Å². The first kappa shape index (κ1) is 17.0. The first-order valence-electron chi connectivity index (χ1n) is 8.13. The second-order valence-electron chi connectivity index (χ2n) is 6.05. The number of carbonyl (C=O) groups excluding carboxylic acids is 1. The molecule has 0 bridgehead atoms. The lowest BCUT2D eigenvalue weighted by atomic mass is 9.98. The molecule has 1 amide bonds. The molecule has 0 unspecified atom stereocenters. The van der Waals surface area contributed by atoms with E-state index >= 15 is 0 Å². The first-order chi connectivity index (χ1) is 11.0. The number of carbonyl (C=O) groups is 1. The Kier molecular flexibility index (Phi) is 5.74. The number of para-hydroxylation sites is 1. The number of pyridine rings is 1. The minimum atomic E-state index is 0.0241. The van der Waals surface area contributed by atoms with E-state index in [1.807, 2.05) is 19.1 Å². The van der Waals surface area contributed by atoms with Crippen LogP contribution in [0.15, 0.2) is 36.5 Å². The maximum absolute atomic E-state index is 11.6. The fraction of sp³-hybridized carbons (Fsp3) is 0.368. The zero-order chi connectivity index (χ0) is 16.8. The van der Waals surface area contributed by atoms with Crippen LogP contribution in [-0.4, -0.2) is 10.9 Å². The normalized spacial score (nSPS) is 10.7. The average Bonchev–Trinajstić information content (AvgIpc) is 2.51. The van der Waals surface area contributed by atoms with Gasteiger partial charge in [0.15, 0.2) is 0 Å². The van der Waals surface area contributed by atoms with Crippen LogP contribution in [-0.2, 0) is 4.79 Å². The van der Waals surface area contributed by atoms with Crippen LogP contribution in [0.2, 0.25) is 0 Å². The topological polar surface area (TPSA) is 54.0 Å². The van der Waals surface area contributed by atoms with Gasteiger partial charge in [0, 0.05) is 12.1 Å². The van der Waals surface area contributed by atoms with Gasteiger partial charge in [0.1, 0.15) is 5.82 Å². The molecule has 122 valence electrons. The summed E-state index contributed by atoms with van der Waals surface area (Å²) in [6, 6.07) is 10.1. The zero-order valence-corrected chi connectivity index (χ0v) is 14.3. The predicted octanol–water partition coefficient (Wildman–Crippen LogP) is 5.00. The Bertz CT molecular complexity index is 663. The molecular formula is C19H25N3O. The highest BCUT2D eigenvalue weighted by Crippen LogP contribution is 2.29. The highest BCUT2D eigenvalue weighted by atomic mass is 16.1. The second kappa shape index (κ2) is 7.77. The van der Waals surface area contributed by atoms with E-state index in [9.17, 15) is 4.79 Å². The SMILES string of the molecule is CCCC(=O)Nc1ccc(Nc2c(C)cccc2C(C)C)nc1. The highest BCUT2D eigenvalue weighted by molar-refractivity contribution is 5.90. The first-order valence-corrected chi connectivity index (χ1v) is 8.13. The third-order valence-corrected chi connectivity index (χ3v) is 3.70. The summed E-state index contributed by atoms with van der Waals surface area (Å²) in [5, 5.41) is 6.25. The highest BCUT2D eigenvalue weighted by Gasteiger charge is 2.10. The molecule has 0 aliphatic heterocycles. The standard InChI is InChI=1S/C19H25N3O/c1-5-7-18(23)21-15-10-11-17(20-12-15)22-19-14(4)8-6-9-16(19)13(2)3/h6,8-13H,5,7H2,1-4H3,(H,20,22)(H,21,23). The summed E-state index contributed by atoms with van der Waals surface area (Å²) in [4.78, 5) is 16.0. The van der Waals surface area contributed by atoms with Crippen LogP contribution < -0.4 is 10.6 Å². The van der Waals surface area contributed by atoms with Crippen molar-refractivity contribution in [2.75, 3.05) is 10.6 Å². The fourth-order valence-corrected chi connectivity index (χ4v) is 2.46. The van der Waals surface area contributed by atoms with Crippen molar-refractivity contribution < 1.29 is 4.79 Å². The summed E-state index contributed by atoms with van der Waals surface area (Å²) in [6.07, 6.45) is 3.05. The summed E-state index contributed by atoms with van der Waals surface area (Å²) in [7, 11) is 0. The van der Waals surface area contributed by atoms with E-state index < -0.39 is 0 Å². The van der Waals surface area contributed by atoms with E-state index in [1.165, 1.54) is 11.1 Å². The monoisotopic (exact) mass is 311 g/mol. The number of aryl methyl sites for hydroxylation is 1. The van der Waals surface area contributed by atoms with E-state index in [4.69, 9.17) is 0 Å². The van der Waals surface area contributed by atoms with Gasteiger partial charge in [-0.1, -0.05) is 39.0 Å². The van der Waals surface area contributed by atoms with Crippen molar-refractivity contribution in [2.24, 2.45) is 0 Å². The molecule has 2 N–H and O–H groups in total. The lowest BCUT2D eigenvalue weighted by Gasteiger charge is -2.17. The lowest BCUT2D eigenvalue weighted by Crippen LogP contribution is -2.10. The largest absolute Gasteiger partial charge is 0.340 e. The maximum Gasteiger partial charge on any atom is 0.224 e. The predicted molar refractivity (Wildman–Crippen MR) is 96.3 cm³/mol. The molecule has 4 nitrogen and oxygen atoms in total. The molecule has 0 spiro atoms. The zero-order valence-electron chi connectivity index (χ0n) is 14.3. The smallest absolute Gasteiger partial charge is 0.224 e. The van der Waals surface area contributed by atoms with Gasteiger partial charge < -0.3 is 10.6 Å². The molecule has 4 heteroatoms. The minimum absolute atomic E-state index is 0.0241. The molecule has 0 radical (unpaired) electrons. The molecule has 0 aliphatic rings. The number of benzene rings is 1. The van der Waals surface area contributed by atoms with Crippen LogP contribution >= 0.6 is 0 Å². The van der Waals surface area contributed by atoms with Gasteiger partial charge in [-0.15, -0.1) is 0 Å². The number of nitrogens with one attached hydrogen (secondary N) is 2. The van der Waals surface area contributed by atoms with Crippen molar-refractivity contribution in [3.05, 3.63) is 47.7 Å². The Morgan fingerprint density at radius 3 is 2.61 bits per heavy atom. The molecule has 1 heterocycles. The van der Waals surface area contributed by atoms with Gasteiger partial charge in [-0.2, -0.15) is 0 Å². The van der Waals surface area contributed by atoms with Crippen molar-refractivity contribution in [2.45, 2.75) is 46.5 Å². The summed E-state index contributed by atoms with van der Waals surface area (Å²) < 4.78 is 0. The number of aromatic nitrogens is 1. The van der Waals surface area contributed by atoms with Gasteiger partial charge in [0.25, 0.3) is 0 Å². The second-order valence-corrected chi connectivity index (χ2v) is 6.05. The molecule has 0 saturated heterocycles.